The van der Waals surface area contributed by atoms with Gasteiger partial charge in [0, 0.05) is 21.4 Å². The molecule has 0 aliphatic heterocycles. The Kier molecular flexibility index (Phi) is 7.28. The van der Waals surface area contributed by atoms with Crippen molar-refractivity contribution in [1.29, 1.82) is 0 Å². The van der Waals surface area contributed by atoms with E-state index < -0.39 is 5.91 Å². The summed E-state index contributed by atoms with van der Waals surface area (Å²) in [6.07, 6.45) is 3.08. The lowest BCUT2D eigenvalue weighted by molar-refractivity contribution is -0.120. The summed E-state index contributed by atoms with van der Waals surface area (Å²) in [7, 11) is 0. The number of nitrogens with zero attached hydrogens (tertiary/aromatic N) is 3. The summed E-state index contributed by atoms with van der Waals surface area (Å²) in [6.45, 7) is 2.52. The number of benzene rings is 2. The molecule has 8 heteroatoms. The van der Waals surface area contributed by atoms with Gasteiger partial charge in [-0.15, -0.1) is 10.2 Å². The Morgan fingerprint density at radius 1 is 1.24 bits per heavy atom. The van der Waals surface area contributed by atoms with E-state index >= 15 is 0 Å². The molecule has 1 N–H and O–H groups in total. The van der Waals surface area contributed by atoms with Crippen LogP contribution in [0.2, 0.25) is 5.02 Å². The van der Waals surface area contributed by atoms with Gasteiger partial charge in [-0.25, -0.2) is 0 Å². The number of halogens is 2. The highest BCUT2D eigenvalue weighted by Crippen LogP contribution is 2.40. The first-order valence-electron chi connectivity index (χ1n) is 9.33. The number of ether oxygens (including phenoxy) is 1. The predicted molar refractivity (Wildman–Crippen MR) is 117 cm³/mol. The van der Waals surface area contributed by atoms with Gasteiger partial charge in [0.05, 0.1) is 5.52 Å². The average Bonchev–Trinajstić information content (AvgIpc) is 2.95. The van der Waals surface area contributed by atoms with E-state index in [4.69, 9.17) is 16.3 Å². The Balaban J connectivity index is 1.79. The Morgan fingerprint density at radius 2 is 2.07 bits per heavy atom. The first kappa shape index (κ1) is 21.3. The van der Waals surface area contributed by atoms with Crippen molar-refractivity contribution < 1.29 is 14.6 Å². The van der Waals surface area contributed by atoms with Gasteiger partial charge in [0.15, 0.2) is 12.3 Å². The normalized spacial score (nSPS) is 11.4. The monoisotopic (exact) mass is 477 g/mol. The molecule has 1 amide bonds. The Labute approximate surface area is 182 Å². The lowest BCUT2D eigenvalue weighted by Gasteiger charge is -2.06. The molecule has 0 fully saturated rings. The van der Waals surface area contributed by atoms with Crippen molar-refractivity contribution >= 4 is 50.0 Å². The van der Waals surface area contributed by atoms with Crippen LogP contribution in [0.4, 0.5) is 5.69 Å². The molecule has 29 heavy (non-hydrogen) atoms. The van der Waals surface area contributed by atoms with Crippen molar-refractivity contribution in [2.45, 2.75) is 32.7 Å². The summed E-state index contributed by atoms with van der Waals surface area (Å²) < 4.78 is 8.04. The number of carbonyl (C=O) groups is 1. The molecule has 0 aliphatic rings. The van der Waals surface area contributed by atoms with Crippen LogP contribution in [0.1, 0.15) is 26.2 Å². The Morgan fingerprint density at radius 3 is 2.83 bits per heavy atom. The number of aromatic nitrogens is 1. The molecule has 1 aromatic heterocycles. The summed E-state index contributed by atoms with van der Waals surface area (Å²) in [5.41, 5.74) is 1.12. The molecule has 0 aliphatic carbocycles. The van der Waals surface area contributed by atoms with E-state index in [2.05, 4.69) is 33.1 Å². The van der Waals surface area contributed by atoms with Crippen LogP contribution in [0.15, 0.2) is 57.2 Å². The highest BCUT2D eigenvalue weighted by atomic mass is 79.9. The predicted octanol–water partition coefficient (Wildman–Crippen LogP) is 6.64. The lowest BCUT2D eigenvalue weighted by atomic mass is 10.2. The van der Waals surface area contributed by atoms with Gasteiger partial charge in [0.1, 0.15) is 5.75 Å². The van der Waals surface area contributed by atoms with Crippen LogP contribution in [0.3, 0.4) is 0 Å². The number of aromatic hydroxyl groups is 1. The molecule has 0 unspecified atom stereocenters. The van der Waals surface area contributed by atoms with Crippen molar-refractivity contribution in [2.24, 2.45) is 10.2 Å². The van der Waals surface area contributed by atoms with Gasteiger partial charge >= 0.3 is 5.91 Å². The number of hydrogen-bond donors (Lipinski definition) is 1. The van der Waals surface area contributed by atoms with Crippen molar-refractivity contribution in [2.75, 3.05) is 6.61 Å². The fourth-order valence-electron chi connectivity index (χ4n) is 2.98. The average molecular weight is 479 g/mol. The highest BCUT2D eigenvalue weighted by Gasteiger charge is 2.17. The molecule has 0 bridgehead atoms. The van der Waals surface area contributed by atoms with E-state index in [0.29, 0.717) is 17.3 Å². The second-order valence-electron chi connectivity index (χ2n) is 6.53. The third-order valence-electron chi connectivity index (χ3n) is 4.38. The Bertz CT molecular complexity index is 1050. The van der Waals surface area contributed by atoms with Crippen LogP contribution in [0, 0.1) is 0 Å². The van der Waals surface area contributed by atoms with Crippen LogP contribution in [-0.4, -0.2) is 22.2 Å². The third kappa shape index (κ3) is 5.36. The van der Waals surface area contributed by atoms with Crippen molar-refractivity contribution in [3.8, 4) is 11.6 Å². The van der Waals surface area contributed by atoms with E-state index in [1.54, 1.807) is 28.8 Å². The molecule has 0 spiro atoms. The largest absolute Gasteiger partial charge is 0.493 e. The smallest absolute Gasteiger partial charge is 0.302 e. The molecule has 1 heterocycles. The number of hydrogen-bond acceptors (Lipinski definition) is 4. The molecular weight excluding hydrogens is 458 g/mol. The number of unbranched alkanes of at least 4 members (excludes halogenated alkanes) is 2. The molecular formula is C21H21BrClN3O3. The zero-order valence-corrected chi connectivity index (χ0v) is 18.3. The second-order valence-corrected chi connectivity index (χ2v) is 7.88. The van der Waals surface area contributed by atoms with E-state index in [-0.39, 0.29) is 18.2 Å². The number of carbonyl (C=O) groups excluding carboxylic acids is 1. The van der Waals surface area contributed by atoms with Crippen LogP contribution >= 0.6 is 27.5 Å². The minimum Gasteiger partial charge on any atom is -0.493 e. The van der Waals surface area contributed by atoms with E-state index in [9.17, 15) is 9.90 Å². The fraction of sp³-hybridized carbons (Fsp3) is 0.286. The van der Waals surface area contributed by atoms with Gasteiger partial charge < -0.3 is 14.4 Å². The quantitative estimate of drug-likeness (QED) is 0.291. The van der Waals surface area contributed by atoms with Crippen LogP contribution in [0.25, 0.3) is 10.9 Å². The SMILES string of the molecule is CCCCCn1c(O)c(N=NC(=O)COc2cccc(Cl)c2)c2cc(Br)ccc21. The molecule has 152 valence electrons. The van der Waals surface area contributed by atoms with Crippen LogP contribution < -0.4 is 4.74 Å². The highest BCUT2D eigenvalue weighted by molar-refractivity contribution is 9.10. The summed E-state index contributed by atoms with van der Waals surface area (Å²) >= 11 is 9.33. The number of fused-ring (bicyclic) bond motifs is 1. The fourth-order valence-corrected chi connectivity index (χ4v) is 3.52. The zero-order valence-electron chi connectivity index (χ0n) is 15.9. The topological polar surface area (TPSA) is 76.2 Å². The minimum atomic E-state index is -0.564. The molecule has 2 aromatic carbocycles. The number of aryl methyl sites for hydroxylation is 1. The van der Waals surface area contributed by atoms with Gasteiger partial charge in [0.25, 0.3) is 0 Å². The zero-order chi connectivity index (χ0) is 20.8. The first-order chi connectivity index (χ1) is 14.0. The van der Waals surface area contributed by atoms with Gasteiger partial charge in [-0.05, 0) is 42.8 Å². The third-order valence-corrected chi connectivity index (χ3v) is 5.11. The molecule has 0 radical (unpaired) electrons. The number of azo groups is 1. The minimum absolute atomic E-state index is 0.00140. The molecule has 0 saturated heterocycles. The lowest BCUT2D eigenvalue weighted by Crippen LogP contribution is -2.07. The molecule has 6 nitrogen and oxygen atoms in total. The Hall–Kier alpha value is -2.38. The van der Waals surface area contributed by atoms with Crippen molar-refractivity contribution in [3.63, 3.8) is 0 Å². The van der Waals surface area contributed by atoms with Crippen molar-refractivity contribution in [1.82, 2.24) is 4.57 Å². The number of rotatable bonds is 8. The molecule has 3 rings (SSSR count). The number of amides is 1. The van der Waals surface area contributed by atoms with Gasteiger partial charge in [-0.3, -0.25) is 4.79 Å². The summed E-state index contributed by atoms with van der Waals surface area (Å²) in [5, 5.41) is 19.7. The van der Waals surface area contributed by atoms with E-state index in [1.165, 1.54) is 0 Å². The van der Waals surface area contributed by atoms with Crippen molar-refractivity contribution in [3.05, 3.63) is 52.0 Å². The van der Waals surface area contributed by atoms with Gasteiger partial charge in [-0.2, -0.15) is 0 Å². The maximum absolute atomic E-state index is 12.1. The molecule has 0 saturated carbocycles. The summed E-state index contributed by atoms with van der Waals surface area (Å²) in [4.78, 5) is 12.1. The van der Waals surface area contributed by atoms with Gasteiger partial charge in [0.2, 0.25) is 5.88 Å². The van der Waals surface area contributed by atoms with Crippen LogP contribution in [-0.2, 0) is 11.3 Å². The molecule has 0 atom stereocenters. The second kappa shape index (κ2) is 9.89. The first-order valence-corrected chi connectivity index (χ1v) is 10.5. The van der Waals surface area contributed by atoms with E-state index in [0.717, 1.165) is 34.6 Å². The summed E-state index contributed by atoms with van der Waals surface area (Å²) in [6, 6.07) is 12.4. The standard InChI is InChI=1S/C21H21BrClN3O3/c1-2-3-4-10-26-18-9-8-14(22)11-17(18)20(21(26)28)25-24-19(27)13-29-16-7-5-6-15(23)12-16/h5-9,11-12,28H,2-4,10,13H2,1H3. The van der Waals surface area contributed by atoms with Crippen LogP contribution in [0.5, 0.6) is 11.6 Å². The maximum Gasteiger partial charge on any atom is 0.302 e. The maximum atomic E-state index is 12.1. The summed E-state index contributed by atoms with van der Waals surface area (Å²) in [5.74, 6) is -0.0897. The van der Waals surface area contributed by atoms with E-state index in [1.807, 2.05) is 18.2 Å². The molecule has 3 aromatic rings. The van der Waals surface area contributed by atoms with Gasteiger partial charge in [-0.1, -0.05) is 53.4 Å².